The van der Waals surface area contributed by atoms with Gasteiger partial charge in [0.2, 0.25) is 0 Å². The molecule has 1 heterocycles. The summed E-state index contributed by atoms with van der Waals surface area (Å²) in [5.74, 6) is 2.27. The van der Waals surface area contributed by atoms with Crippen LogP contribution < -0.4 is 10.6 Å². The number of thioether (sulfide) groups is 1. The van der Waals surface area contributed by atoms with E-state index in [4.69, 9.17) is 4.99 Å². The van der Waals surface area contributed by atoms with Gasteiger partial charge in [-0.15, -0.1) is 24.0 Å². The highest BCUT2D eigenvalue weighted by atomic mass is 127. The lowest BCUT2D eigenvalue weighted by Crippen LogP contribution is -2.51. The van der Waals surface area contributed by atoms with E-state index in [0.717, 1.165) is 25.1 Å². The van der Waals surface area contributed by atoms with Gasteiger partial charge in [-0.05, 0) is 57.5 Å². The first-order valence-corrected chi connectivity index (χ1v) is 11.5. The fourth-order valence-corrected chi connectivity index (χ4v) is 4.41. The molecule has 0 aromatic heterocycles. The van der Waals surface area contributed by atoms with Crippen molar-refractivity contribution in [3.63, 3.8) is 0 Å². The summed E-state index contributed by atoms with van der Waals surface area (Å²) in [5.41, 5.74) is 0. The average molecular weight is 483 g/mol. The van der Waals surface area contributed by atoms with Gasteiger partial charge in [-0.3, -0.25) is 4.99 Å². The molecule has 6 heteroatoms. The number of piperidine rings is 1. The highest BCUT2D eigenvalue weighted by Crippen LogP contribution is 2.25. The molecule has 1 saturated heterocycles. The summed E-state index contributed by atoms with van der Waals surface area (Å²) in [7, 11) is 0. The highest BCUT2D eigenvalue weighted by molar-refractivity contribution is 14.0. The molecule has 0 atom stereocenters. The minimum absolute atomic E-state index is 0. The van der Waals surface area contributed by atoms with Crippen LogP contribution in [0.2, 0.25) is 0 Å². The largest absolute Gasteiger partial charge is 0.357 e. The van der Waals surface area contributed by atoms with E-state index in [0.29, 0.717) is 6.04 Å². The van der Waals surface area contributed by atoms with Crippen molar-refractivity contribution in [2.45, 2.75) is 76.8 Å². The fraction of sp³-hybridized carbons (Fsp3) is 0.947. The lowest BCUT2D eigenvalue weighted by molar-refractivity contribution is 0.119. The van der Waals surface area contributed by atoms with Gasteiger partial charge < -0.3 is 15.5 Å². The van der Waals surface area contributed by atoms with Crippen LogP contribution in [0.15, 0.2) is 4.99 Å². The summed E-state index contributed by atoms with van der Waals surface area (Å²) in [5, 5.41) is 7.09. The number of nitrogens with zero attached hydrogens (tertiary/aromatic N) is 2. The molecule has 1 aliphatic carbocycles. The molecular weight excluding hydrogens is 443 g/mol. The van der Waals surface area contributed by atoms with Gasteiger partial charge >= 0.3 is 0 Å². The molecule has 0 aromatic rings. The predicted octanol–water partition coefficient (Wildman–Crippen LogP) is 4.10. The van der Waals surface area contributed by atoms with Gasteiger partial charge in [-0.2, -0.15) is 11.8 Å². The van der Waals surface area contributed by atoms with Crippen molar-refractivity contribution in [1.82, 2.24) is 15.5 Å². The molecule has 0 spiro atoms. The van der Waals surface area contributed by atoms with Crippen molar-refractivity contribution in [2.75, 3.05) is 38.2 Å². The Balaban J connectivity index is 0.00000312. The first kappa shape index (κ1) is 23.3. The van der Waals surface area contributed by atoms with E-state index < -0.39 is 0 Å². The Morgan fingerprint density at radius 3 is 2.44 bits per heavy atom. The number of rotatable bonds is 8. The first-order valence-electron chi connectivity index (χ1n) is 10.1. The van der Waals surface area contributed by atoms with Gasteiger partial charge in [-0.25, -0.2) is 0 Å². The van der Waals surface area contributed by atoms with Crippen LogP contribution in [-0.2, 0) is 0 Å². The zero-order valence-corrected chi connectivity index (χ0v) is 19.4. The third kappa shape index (κ3) is 9.18. The number of hydrogen-bond acceptors (Lipinski definition) is 3. The molecule has 0 aromatic carbocycles. The maximum Gasteiger partial charge on any atom is 0.191 e. The first-order chi connectivity index (χ1) is 11.8. The van der Waals surface area contributed by atoms with Gasteiger partial charge in [-0.1, -0.05) is 19.3 Å². The molecule has 0 amide bonds. The summed E-state index contributed by atoms with van der Waals surface area (Å²) < 4.78 is 0. The van der Waals surface area contributed by atoms with Crippen LogP contribution in [0.25, 0.3) is 0 Å². The number of nitrogens with one attached hydrogen (secondary N) is 2. The quantitative estimate of drug-likeness (QED) is 0.237. The van der Waals surface area contributed by atoms with Crippen molar-refractivity contribution in [3.8, 4) is 0 Å². The van der Waals surface area contributed by atoms with E-state index in [1.54, 1.807) is 0 Å². The molecule has 4 nitrogen and oxygen atoms in total. The Hall–Kier alpha value is 0.310. The molecule has 148 valence electrons. The molecule has 0 radical (unpaired) electrons. The van der Waals surface area contributed by atoms with E-state index in [9.17, 15) is 0 Å². The maximum absolute atomic E-state index is 4.76. The van der Waals surface area contributed by atoms with Gasteiger partial charge in [0.1, 0.15) is 0 Å². The average Bonchev–Trinajstić information content (AvgIpc) is 2.63. The number of likely N-dealkylation sites (tertiary alicyclic amines) is 1. The zero-order valence-electron chi connectivity index (χ0n) is 16.3. The second-order valence-electron chi connectivity index (χ2n) is 7.21. The van der Waals surface area contributed by atoms with Crippen LogP contribution in [0.1, 0.15) is 64.7 Å². The van der Waals surface area contributed by atoms with Crippen LogP contribution >= 0.6 is 35.7 Å². The minimum Gasteiger partial charge on any atom is -0.357 e. The smallest absolute Gasteiger partial charge is 0.191 e. The third-order valence-corrected chi connectivity index (χ3v) is 6.03. The fourth-order valence-electron chi connectivity index (χ4n) is 3.92. The summed E-state index contributed by atoms with van der Waals surface area (Å²) in [6, 6.07) is 1.46. The second-order valence-corrected chi connectivity index (χ2v) is 8.19. The predicted molar refractivity (Wildman–Crippen MR) is 124 cm³/mol. The van der Waals surface area contributed by atoms with Crippen LogP contribution in [0.5, 0.6) is 0 Å². The van der Waals surface area contributed by atoms with Crippen molar-refractivity contribution in [2.24, 2.45) is 4.99 Å². The molecule has 2 N–H and O–H groups in total. The Morgan fingerprint density at radius 2 is 1.80 bits per heavy atom. The molecule has 2 fully saturated rings. The Morgan fingerprint density at radius 1 is 1.08 bits per heavy atom. The van der Waals surface area contributed by atoms with E-state index in [-0.39, 0.29) is 24.0 Å². The summed E-state index contributed by atoms with van der Waals surface area (Å²) in [6.07, 6.45) is 14.3. The SMILES string of the molecule is CCNC(=NCCCCSC)NC1CCN(C2CCCCC2)CC1.I. The highest BCUT2D eigenvalue weighted by Gasteiger charge is 2.26. The van der Waals surface area contributed by atoms with E-state index >= 15 is 0 Å². The topological polar surface area (TPSA) is 39.7 Å². The molecule has 2 rings (SSSR count). The normalized spacial score (nSPS) is 21.0. The van der Waals surface area contributed by atoms with Gasteiger partial charge in [0.25, 0.3) is 0 Å². The molecule has 25 heavy (non-hydrogen) atoms. The number of unbranched alkanes of at least 4 members (excludes halogenated alkanes) is 1. The monoisotopic (exact) mass is 482 g/mol. The number of aliphatic imine (C=N–C) groups is 1. The van der Waals surface area contributed by atoms with Crippen LogP contribution in [-0.4, -0.2) is 61.1 Å². The van der Waals surface area contributed by atoms with Crippen molar-refractivity contribution >= 4 is 41.7 Å². The maximum atomic E-state index is 4.76. The van der Waals surface area contributed by atoms with Crippen LogP contribution in [0.4, 0.5) is 0 Å². The summed E-state index contributed by atoms with van der Waals surface area (Å²) in [4.78, 5) is 7.51. The Labute approximate surface area is 176 Å². The molecule has 2 aliphatic rings. The third-order valence-electron chi connectivity index (χ3n) is 5.33. The standard InChI is InChI=1S/C19H38N4S.HI/c1-3-20-19(21-13-7-8-16-24-2)22-17-11-14-23(15-12-17)18-9-5-4-6-10-18;/h17-18H,3-16H2,1-2H3,(H2,20,21,22);1H. The van der Waals surface area contributed by atoms with Crippen LogP contribution in [0.3, 0.4) is 0 Å². The summed E-state index contributed by atoms with van der Waals surface area (Å²) >= 11 is 1.93. The van der Waals surface area contributed by atoms with Crippen LogP contribution in [0, 0.1) is 0 Å². The Kier molecular flexibility index (Phi) is 13.4. The molecule has 0 unspecified atom stereocenters. The molecule has 1 saturated carbocycles. The van der Waals surface area contributed by atoms with Gasteiger partial charge in [0.05, 0.1) is 0 Å². The number of hydrogen-bond donors (Lipinski definition) is 2. The van der Waals surface area contributed by atoms with E-state index in [2.05, 4.69) is 28.7 Å². The van der Waals surface area contributed by atoms with Gasteiger partial charge in [0.15, 0.2) is 5.96 Å². The summed E-state index contributed by atoms with van der Waals surface area (Å²) in [6.45, 7) is 6.55. The van der Waals surface area contributed by atoms with Crippen molar-refractivity contribution in [1.29, 1.82) is 0 Å². The molecule has 0 bridgehead atoms. The second kappa shape index (κ2) is 14.4. The Bertz CT molecular complexity index is 353. The lowest BCUT2D eigenvalue weighted by atomic mass is 9.92. The van der Waals surface area contributed by atoms with E-state index in [1.807, 2.05) is 11.8 Å². The number of guanidine groups is 1. The minimum atomic E-state index is 0. The van der Waals surface area contributed by atoms with E-state index in [1.165, 1.54) is 76.6 Å². The zero-order chi connectivity index (χ0) is 17.0. The van der Waals surface area contributed by atoms with Crippen molar-refractivity contribution in [3.05, 3.63) is 0 Å². The molecular formula is C19H39IN4S. The number of halogens is 1. The lowest BCUT2D eigenvalue weighted by Gasteiger charge is -2.39. The van der Waals surface area contributed by atoms with Crippen molar-refractivity contribution < 1.29 is 0 Å². The van der Waals surface area contributed by atoms with Gasteiger partial charge in [0, 0.05) is 38.3 Å². The molecule has 1 aliphatic heterocycles.